The number of aryl methyl sites for hydroxylation is 2. The molecule has 5 N–H and O–H groups in total. The highest BCUT2D eigenvalue weighted by Crippen LogP contribution is 2.17. The number of carbonyl (C=O) groups is 1. The van der Waals surface area contributed by atoms with Gasteiger partial charge < -0.3 is 11.1 Å². The Morgan fingerprint density at radius 3 is 2.70 bits per heavy atom. The summed E-state index contributed by atoms with van der Waals surface area (Å²) in [5.41, 5.74) is 8.33. The molecule has 1 amide bonds. The molecule has 2 heterocycles. The lowest BCUT2D eigenvalue weighted by Crippen LogP contribution is -2.14. The van der Waals surface area contributed by atoms with Crippen LogP contribution < -0.4 is 11.1 Å². The third-order valence-corrected chi connectivity index (χ3v) is 2.99. The summed E-state index contributed by atoms with van der Waals surface area (Å²) in [4.78, 5) is 12.1. The average molecular weight is 276 g/mol. The van der Waals surface area contributed by atoms with Gasteiger partial charge in [-0.3, -0.25) is 15.0 Å². The molecule has 0 saturated heterocycles. The van der Waals surface area contributed by atoms with Gasteiger partial charge in [0.1, 0.15) is 0 Å². The minimum atomic E-state index is -0.351. The van der Waals surface area contributed by atoms with Crippen molar-refractivity contribution in [1.29, 1.82) is 0 Å². The molecule has 7 nitrogen and oxygen atoms in total. The maximum Gasteiger partial charge on any atom is 0.279 e. The standard InChI is InChI=1S/C13H20N6O/c1-3-5-8-7-10(18-16-8)15-13(20)12-11(14)9(6-4-2)17-19-12/h7H,3-6,14H2,1-2H3,(H,17,19)(H2,15,16,18,20). The van der Waals surface area contributed by atoms with E-state index in [1.54, 1.807) is 0 Å². The molecular formula is C13H20N6O. The van der Waals surface area contributed by atoms with Gasteiger partial charge in [0.25, 0.3) is 5.91 Å². The summed E-state index contributed by atoms with van der Waals surface area (Å²) in [5.74, 6) is 0.133. The zero-order valence-electron chi connectivity index (χ0n) is 11.8. The number of nitrogens with zero attached hydrogens (tertiary/aromatic N) is 2. The zero-order valence-corrected chi connectivity index (χ0v) is 11.8. The number of nitrogens with one attached hydrogen (secondary N) is 3. The van der Waals surface area contributed by atoms with Crippen LogP contribution in [0.5, 0.6) is 0 Å². The van der Waals surface area contributed by atoms with Crippen molar-refractivity contribution in [3.63, 3.8) is 0 Å². The predicted molar refractivity (Wildman–Crippen MR) is 77.5 cm³/mol. The van der Waals surface area contributed by atoms with Crippen LogP contribution >= 0.6 is 0 Å². The smallest absolute Gasteiger partial charge is 0.279 e. The van der Waals surface area contributed by atoms with E-state index in [1.165, 1.54) is 0 Å². The van der Waals surface area contributed by atoms with Crippen molar-refractivity contribution in [2.75, 3.05) is 11.1 Å². The Bertz CT molecular complexity index is 585. The number of nitrogen functional groups attached to an aromatic ring is 1. The molecule has 2 aromatic rings. The van der Waals surface area contributed by atoms with Crippen LogP contribution in [0.1, 0.15) is 48.6 Å². The Kier molecular flexibility index (Phi) is 4.39. The summed E-state index contributed by atoms with van der Waals surface area (Å²) in [6, 6.07) is 1.82. The maximum absolute atomic E-state index is 12.1. The summed E-state index contributed by atoms with van der Waals surface area (Å²) in [5, 5.41) is 16.4. The first kappa shape index (κ1) is 14.1. The summed E-state index contributed by atoms with van der Waals surface area (Å²) >= 11 is 0. The number of anilines is 2. The zero-order chi connectivity index (χ0) is 14.5. The summed E-state index contributed by atoms with van der Waals surface area (Å²) in [6.45, 7) is 4.12. The van der Waals surface area contributed by atoms with E-state index in [0.29, 0.717) is 11.5 Å². The number of aromatic nitrogens is 4. The second kappa shape index (κ2) is 6.23. The van der Waals surface area contributed by atoms with Gasteiger partial charge in [-0.25, -0.2) is 0 Å². The van der Waals surface area contributed by atoms with Gasteiger partial charge in [-0.2, -0.15) is 10.2 Å². The molecule has 0 aliphatic heterocycles. The number of hydrogen-bond acceptors (Lipinski definition) is 4. The molecule has 7 heteroatoms. The van der Waals surface area contributed by atoms with Crippen molar-refractivity contribution < 1.29 is 4.79 Å². The van der Waals surface area contributed by atoms with Crippen LogP contribution in [-0.4, -0.2) is 26.3 Å². The Morgan fingerprint density at radius 1 is 1.25 bits per heavy atom. The van der Waals surface area contributed by atoms with Crippen molar-refractivity contribution in [2.45, 2.75) is 39.5 Å². The van der Waals surface area contributed by atoms with Crippen molar-refractivity contribution in [1.82, 2.24) is 20.4 Å². The van der Waals surface area contributed by atoms with Gasteiger partial charge in [-0.05, 0) is 12.8 Å². The lowest BCUT2D eigenvalue weighted by Gasteiger charge is -2.00. The van der Waals surface area contributed by atoms with Gasteiger partial charge in [0.2, 0.25) is 0 Å². The molecule has 0 aliphatic carbocycles. The monoisotopic (exact) mass is 276 g/mol. The van der Waals surface area contributed by atoms with Crippen LogP contribution in [0, 0.1) is 0 Å². The number of nitrogens with two attached hydrogens (primary N) is 1. The van der Waals surface area contributed by atoms with Gasteiger partial charge in [0.15, 0.2) is 11.5 Å². The predicted octanol–water partition coefficient (Wildman–Crippen LogP) is 1.87. The molecule has 0 atom stereocenters. The number of H-pyrrole nitrogens is 2. The largest absolute Gasteiger partial charge is 0.395 e. The second-order valence-corrected chi connectivity index (χ2v) is 4.70. The molecule has 0 unspecified atom stereocenters. The number of carbonyl (C=O) groups excluding carboxylic acids is 1. The molecule has 0 aliphatic rings. The van der Waals surface area contributed by atoms with Crippen molar-refractivity contribution in [3.8, 4) is 0 Å². The van der Waals surface area contributed by atoms with E-state index >= 15 is 0 Å². The van der Waals surface area contributed by atoms with E-state index in [1.807, 2.05) is 13.0 Å². The third-order valence-electron chi connectivity index (χ3n) is 2.99. The van der Waals surface area contributed by atoms with E-state index in [9.17, 15) is 4.79 Å². The van der Waals surface area contributed by atoms with Gasteiger partial charge in [0.05, 0.1) is 11.4 Å². The minimum absolute atomic E-state index is 0.216. The number of amides is 1. The molecule has 0 aromatic carbocycles. The van der Waals surface area contributed by atoms with E-state index in [-0.39, 0.29) is 11.6 Å². The molecular weight excluding hydrogens is 256 g/mol. The van der Waals surface area contributed by atoms with E-state index in [4.69, 9.17) is 5.73 Å². The first-order valence-corrected chi connectivity index (χ1v) is 6.84. The molecule has 0 saturated carbocycles. The number of aromatic amines is 2. The highest BCUT2D eigenvalue weighted by Gasteiger charge is 2.17. The highest BCUT2D eigenvalue weighted by atomic mass is 16.2. The van der Waals surface area contributed by atoms with E-state index in [0.717, 1.165) is 37.1 Å². The Balaban J connectivity index is 2.07. The van der Waals surface area contributed by atoms with Crippen molar-refractivity contribution in [2.24, 2.45) is 0 Å². The lowest BCUT2D eigenvalue weighted by molar-refractivity contribution is 0.102. The second-order valence-electron chi connectivity index (χ2n) is 4.70. The SMILES string of the molecule is CCCc1cc(NC(=O)c2n[nH]c(CCC)c2N)n[nH]1. The third kappa shape index (κ3) is 2.98. The first-order chi connectivity index (χ1) is 9.65. The summed E-state index contributed by atoms with van der Waals surface area (Å²) in [7, 11) is 0. The maximum atomic E-state index is 12.1. The Morgan fingerprint density at radius 2 is 2.00 bits per heavy atom. The molecule has 0 spiro atoms. The fourth-order valence-corrected chi connectivity index (χ4v) is 2.00. The summed E-state index contributed by atoms with van der Waals surface area (Å²) < 4.78 is 0. The van der Waals surface area contributed by atoms with Crippen LogP contribution in [0.25, 0.3) is 0 Å². The highest BCUT2D eigenvalue weighted by molar-refractivity contribution is 6.06. The lowest BCUT2D eigenvalue weighted by atomic mass is 10.2. The molecule has 0 bridgehead atoms. The van der Waals surface area contributed by atoms with Gasteiger partial charge in [-0.1, -0.05) is 26.7 Å². The molecule has 0 fully saturated rings. The molecule has 2 aromatic heterocycles. The normalized spacial score (nSPS) is 10.7. The molecule has 0 radical (unpaired) electrons. The van der Waals surface area contributed by atoms with Gasteiger partial charge in [-0.15, -0.1) is 0 Å². The number of rotatable bonds is 6. The van der Waals surface area contributed by atoms with E-state index < -0.39 is 0 Å². The molecule has 2 rings (SSSR count). The quantitative estimate of drug-likeness (QED) is 0.645. The molecule has 108 valence electrons. The van der Waals surface area contributed by atoms with Crippen LogP contribution in [0.3, 0.4) is 0 Å². The Hall–Kier alpha value is -2.31. The van der Waals surface area contributed by atoms with Gasteiger partial charge in [0, 0.05) is 11.8 Å². The summed E-state index contributed by atoms with van der Waals surface area (Å²) in [6.07, 6.45) is 3.62. The van der Waals surface area contributed by atoms with Crippen molar-refractivity contribution in [3.05, 3.63) is 23.1 Å². The number of hydrogen-bond donors (Lipinski definition) is 4. The fourth-order valence-electron chi connectivity index (χ4n) is 2.00. The fraction of sp³-hybridized carbons (Fsp3) is 0.462. The van der Waals surface area contributed by atoms with Crippen LogP contribution in [0.4, 0.5) is 11.5 Å². The van der Waals surface area contributed by atoms with Gasteiger partial charge >= 0.3 is 0 Å². The average Bonchev–Trinajstić information content (AvgIpc) is 2.99. The van der Waals surface area contributed by atoms with Crippen LogP contribution in [-0.2, 0) is 12.8 Å². The van der Waals surface area contributed by atoms with E-state index in [2.05, 4.69) is 32.6 Å². The van der Waals surface area contributed by atoms with Crippen LogP contribution in [0.15, 0.2) is 6.07 Å². The minimum Gasteiger partial charge on any atom is -0.395 e. The van der Waals surface area contributed by atoms with Crippen molar-refractivity contribution >= 4 is 17.4 Å². The first-order valence-electron chi connectivity index (χ1n) is 6.84. The molecule has 20 heavy (non-hydrogen) atoms. The topological polar surface area (TPSA) is 112 Å². The Labute approximate surface area is 117 Å². The van der Waals surface area contributed by atoms with Crippen LogP contribution in [0.2, 0.25) is 0 Å².